The molecule has 2 fully saturated rings. The summed E-state index contributed by atoms with van der Waals surface area (Å²) in [5.74, 6) is -0.235. The van der Waals surface area contributed by atoms with Gasteiger partial charge in [-0.15, -0.1) is 0 Å². The third-order valence-electron chi connectivity index (χ3n) is 5.62. The topological polar surface area (TPSA) is 67.2 Å². The summed E-state index contributed by atoms with van der Waals surface area (Å²) >= 11 is 6.31. The summed E-state index contributed by atoms with van der Waals surface area (Å²) in [6, 6.07) is 6.00. The number of carbonyl (C=O) groups is 2. The summed E-state index contributed by atoms with van der Waals surface area (Å²) in [4.78, 5) is 26.8. The van der Waals surface area contributed by atoms with Crippen LogP contribution in [0.4, 0.5) is 0 Å². The van der Waals surface area contributed by atoms with Crippen LogP contribution in [-0.4, -0.2) is 39.1 Å². The quantitative estimate of drug-likeness (QED) is 0.894. The molecule has 26 heavy (non-hydrogen) atoms. The van der Waals surface area contributed by atoms with Crippen molar-refractivity contribution in [2.75, 3.05) is 6.54 Å². The monoisotopic (exact) mass is 374 g/mol. The number of nitrogens with zero attached hydrogens (tertiary/aromatic N) is 3. The van der Waals surface area contributed by atoms with E-state index in [1.54, 1.807) is 4.68 Å². The van der Waals surface area contributed by atoms with Crippen molar-refractivity contribution < 1.29 is 9.59 Å². The van der Waals surface area contributed by atoms with Gasteiger partial charge >= 0.3 is 0 Å². The summed E-state index contributed by atoms with van der Waals surface area (Å²) in [6.45, 7) is 0.854. The molecule has 2 amide bonds. The molecule has 4 rings (SSSR count). The van der Waals surface area contributed by atoms with Crippen LogP contribution in [-0.2, 0) is 23.2 Å². The fourth-order valence-electron chi connectivity index (χ4n) is 4.27. The molecule has 1 atom stereocenters. The highest BCUT2D eigenvalue weighted by molar-refractivity contribution is 6.35. The minimum absolute atomic E-state index is 0.0790. The van der Waals surface area contributed by atoms with E-state index in [1.165, 1.54) is 12.8 Å². The highest BCUT2D eigenvalue weighted by atomic mass is 35.5. The van der Waals surface area contributed by atoms with Crippen molar-refractivity contribution in [3.05, 3.63) is 28.9 Å². The van der Waals surface area contributed by atoms with E-state index in [-0.39, 0.29) is 17.7 Å². The molecule has 6 nitrogen and oxygen atoms in total. The van der Waals surface area contributed by atoms with Gasteiger partial charge in [0.15, 0.2) is 0 Å². The lowest BCUT2D eigenvalue weighted by Crippen LogP contribution is -2.36. The van der Waals surface area contributed by atoms with E-state index in [0.29, 0.717) is 30.6 Å². The number of rotatable bonds is 4. The number of amides is 2. The highest BCUT2D eigenvalue weighted by Crippen LogP contribution is 2.30. The minimum Gasteiger partial charge on any atom is -0.350 e. The third kappa shape index (κ3) is 3.07. The Morgan fingerprint density at radius 3 is 2.88 bits per heavy atom. The van der Waals surface area contributed by atoms with Crippen LogP contribution in [0.3, 0.4) is 0 Å². The van der Waals surface area contributed by atoms with Crippen LogP contribution in [0.15, 0.2) is 18.2 Å². The molecule has 2 heterocycles. The van der Waals surface area contributed by atoms with Crippen molar-refractivity contribution in [3.8, 4) is 0 Å². The smallest absolute Gasteiger partial charge is 0.225 e. The molecule has 1 aliphatic carbocycles. The third-order valence-corrected chi connectivity index (χ3v) is 5.94. The summed E-state index contributed by atoms with van der Waals surface area (Å²) < 4.78 is 1.77. The van der Waals surface area contributed by atoms with Crippen molar-refractivity contribution in [1.29, 1.82) is 0 Å². The fourth-order valence-corrected chi connectivity index (χ4v) is 4.55. The van der Waals surface area contributed by atoms with Crippen LogP contribution in [0.5, 0.6) is 0 Å². The summed E-state index contributed by atoms with van der Waals surface area (Å²) in [5, 5.41) is 8.93. The molecule has 2 aromatic rings. The zero-order chi connectivity index (χ0) is 18.3. The van der Waals surface area contributed by atoms with Crippen LogP contribution in [0.25, 0.3) is 10.9 Å². The van der Waals surface area contributed by atoms with E-state index in [4.69, 9.17) is 11.6 Å². The number of fused-ring (bicyclic) bond motifs is 1. The first-order valence-electron chi connectivity index (χ1n) is 9.22. The Balaban J connectivity index is 1.43. The second-order valence-corrected chi connectivity index (χ2v) is 7.71. The number of aryl methyl sites for hydroxylation is 1. The maximum absolute atomic E-state index is 12.6. The number of halogens is 1. The Morgan fingerprint density at radius 2 is 2.12 bits per heavy atom. The van der Waals surface area contributed by atoms with Crippen LogP contribution < -0.4 is 5.32 Å². The number of hydrogen-bond acceptors (Lipinski definition) is 3. The maximum atomic E-state index is 12.6. The molecule has 1 saturated heterocycles. The Kier molecular flexibility index (Phi) is 4.61. The summed E-state index contributed by atoms with van der Waals surface area (Å²) in [7, 11) is 1.86. The van der Waals surface area contributed by atoms with Gasteiger partial charge in [0.25, 0.3) is 0 Å². The molecule has 138 valence electrons. The van der Waals surface area contributed by atoms with Gasteiger partial charge in [0.2, 0.25) is 11.8 Å². The zero-order valence-corrected chi connectivity index (χ0v) is 15.6. The average Bonchev–Trinajstić information content (AvgIpc) is 3.33. The number of hydrogen-bond donors (Lipinski definition) is 1. The predicted molar refractivity (Wildman–Crippen MR) is 99.6 cm³/mol. The molecule has 1 aromatic heterocycles. The number of likely N-dealkylation sites (tertiary alicyclic amines) is 1. The van der Waals surface area contributed by atoms with Crippen molar-refractivity contribution >= 4 is 34.3 Å². The van der Waals surface area contributed by atoms with Crippen molar-refractivity contribution in [1.82, 2.24) is 20.0 Å². The molecular weight excluding hydrogens is 352 g/mol. The summed E-state index contributed by atoms with van der Waals surface area (Å²) in [5.41, 5.74) is 1.68. The van der Waals surface area contributed by atoms with Gasteiger partial charge in [-0.25, -0.2) is 0 Å². The first-order chi connectivity index (χ1) is 12.5. The standard InChI is InChI=1S/C19H23ClN4O2/c1-23-16-8-4-7-14(20)18(16)15(22-23)10-21-19(26)12-9-17(25)24(11-12)13-5-2-3-6-13/h4,7-8,12-13H,2-3,5-6,9-11H2,1H3,(H,21,26)/t12-/m0/s1. The van der Waals surface area contributed by atoms with E-state index < -0.39 is 0 Å². The Morgan fingerprint density at radius 1 is 1.35 bits per heavy atom. The van der Waals surface area contributed by atoms with Crippen molar-refractivity contribution in [2.45, 2.75) is 44.7 Å². The van der Waals surface area contributed by atoms with Gasteiger partial charge in [0.1, 0.15) is 0 Å². The normalized spacial score (nSPS) is 21.1. The molecule has 1 saturated carbocycles. The average molecular weight is 375 g/mol. The van der Waals surface area contributed by atoms with E-state index in [2.05, 4.69) is 10.4 Å². The SMILES string of the molecule is Cn1nc(CNC(=O)[C@H]2CC(=O)N(C3CCCC3)C2)c2c(Cl)cccc21. The Labute approximate surface area is 157 Å². The molecule has 0 unspecified atom stereocenters. The highest BCUT2D eigenvalue weighted by Gasteiger charge is 2.38. The summed E-state index contributed by atoms with van der Waals surface area (Å²) in [6.07, 6.45) is 4.81. The molecule has 1 N–H and O–H groups in total. The lowest BCUT2D eigenvalue weighted by Gasteiger charge is -2.23. The molecule has 2 aliphatic rings. The Hall–Kier alpha value is -2.08. The van der Waals surface area contributed by atoms with Gasteiger partial charge in [-0.3, -0.25) is 14.3 Å². The van der Waals surface area contributed by atoms with Gasteiger partial charge in [-0.05, 0) is 25.0 Å². The van der Waals surface area contributed by atoms with Crippen LogP contribution in [0, 0.1) is 5.92 Å². The maximum Gasteiger partial charge on any atom is 0.225 e. The lowest BCUT2D eigenvalue weighted by molar-refractivity contribution is -0.130. The van der Waals surface area contributed by atoms with E-state index in [9.17, 15) is 9.59 Å². The van der Waals surface area contributed by atoms with Gasteiger partial charge in [-0.1, -0.05) is 30.5 Å². The minimum atomic E-state index is -0.270. The van der Waals surface area contributed by atoms with Crippen LogP contribution in [0.2, 0.25) is 5.02 Å². The number of aromatic nitrogens is 2. The first-order valence-corrected chi connectivity index (χ1v) is 9.59. The van der Waals surface area contributed by atoms with E-state index in [1.807, 2.05) is 30.1 Å². The number of benzene rings is 1. The van der Waals surface area contributed by atoms with E-state index >= 15 is 0 Å². The molecule has 7 heteroatoms. The van der Waals surface area contributed by atoms with Crippen molar-refractivity contribution in [2.24, 2.45) is 13.0 Å². The first kappa shape index (κ1) is 17.3. The Bertz CT molecular complexity index is 857. The van der Waals surface area contributed by atoms with Crippen LogP contribution >= 0.6 is 11.6 Å². The zero-order valence-electron chi connectivity index (χ0n) is 14.9. The number of nitrogens with one attached hydrogen (secondary N) is 1. The molecule has 0 spiro atoms. The molecular formula is C19H23ClN4O2. The second-order valence-electron chi connectivity index (χ2n) is 7.31. The van der Waals surface area contributed by atoms with Gasteiger partial charge < -0.3 is 10.2 Å². The largest absolute Gasteiger partial charge is 0.350 e. The number of carbonyl (C=O) groups excluding carboxylic acids is 2. The van der Waals surface area contributed by atoms with Gasteiger partial charge in [-0.2, -0.15) is 5.10 Å². The van der Waals surface area contributed by atoms with Gasteiger partial charge in [0, 0.05) is 31.4 Å². The van der Waals surface area contributed by atoms with E-state index in [0.717, 1.165) is 29.4 Å². The molecule has 1 aromatic carbocycles. The van der Waals surface area contributed by atoms with Crippen LogP contribution in [0.1, 0.15) is 37.8 Å². The molecule has 0 bridgehead atoms. The van der Waals surface area contributed by atoms with Gasteiger partial charge in [0.05, 0.1) is 28.7 Å². The predicted octanol–water partition coefficient (Wildman–Crippen LogP) is 2.63. The van der Waals surface area contributed by atoms with Crippen molar-refractivity contribution in [3.63, 3.8) is 0 Å². The molecule has 1 aliphatic heterocycles. The second kappa shape index (κ2) is 6.91. The lowest BCUT2D eigenvalue weighted by atomic mass is 10.1. The fraction of sp³-hybridized carbons (Fsp3) is 0.526. The molecule has 0 radical (unpaired) electrons.